The number of imidazole rings is 1. The second-order valence-electron chi connectivity index (χ2n) is 4.60. The van der Waals surface area contributed by atoms with E-state index in [0.717, 1.165) is 43.4 Å². The van der Waals surface area contributed by atoms with E-state index in [1.807, 2.05) is 38.2 Å². The van der Waals surface area contributed by atoms with Gasteiger partial charge in [0.05, 0.1) is 10.7 Å². The molecule has 0 saturated carbocycles. The highest BCUT2D eigenvalue weighted by Gasteiger charge is 2.06. The minimum absolute atomic E-state index is 0.703. The van der Waals surface area contributed by atoms with E-state index in [2.05, 4.69) is 14.9 Å². The van der Waals surface area contributed by atoms with Crippen molar-refractivity contribution >= 4 is 23.2 Å². The summed E-state index contributed by atoms with van der Waals surface area (Å²) in [5.41, 5.74) is 2.01. The molecule has 1 aromatic carbocycles. The maximum Gasteiger partial charge on any atom is 0.207 e. The third-order valence-electron chi connectivity index (χ3n) is 2.98. The number of benzene rings is 1. The van der Waals surface area contributed by atoms with Crippen LogP contribution in [0.2, 0.25) is 5.02 Å². The smallest absolute Gasteiger partial charge is 0.207 e. The maximum absolute atomic E-state index is 6.22. The van der Waals surface area contributed by atoms with Crippen molar-refractivity contribution in [2.45, 2.75) is 26.8 Å². The Kier molecular flexibility index (Phi) is 5.44. The largest absolute Gasteiger partial charge is 0.382 e. The van der Waals surface area contributed by atoms with Crippen molar-refractivity contribution < 1.29 is 4.74 Å². The third-order valence-corrected chi connectivity index (χ3v) is 3.29. The number of aryl methyl sites for hydroxylation is 2. The number of aromatic nitrogens is 2. The van der Waals surface area contributed by atoms with Crippen molar-refractivity contribution in [3.8, 4) is 0 Å². The highest BCUT2D eigenvalue weighted by atomic mass is 35.5. The number of rotatable bonds is 7. The molecule has 0 spiro atoms. The topological polar surface area (TPSA) is 39.1 Å². The van der Waals surface area contributed by atoms with Gasteiger partial charge in [-0.25, -0.2) is 4.98 Å². The Morgan fingerprint density at radius 3 is 3.00 bits per heavy atom. The summed E-state index contributed by atoms with van der Waals surface area (Å²) >= 11 is 6.22. The summed E-state index contributed by atoms with van der Waals surface area (Å²) in [6.07, 6.45) is 4.70. The molecule has 4 nitrogen and oxygen atoms in total. The summed E-state index contributed by atoms with van der Waals surface area (Å²) in [6.45, 7) is 6.41. The quantitative estimate of drug-likeness (QED) is 0.784. The van der Waals surface area contributed by atoms with Crippen LogP contribution in [0.5, 0.6) is 0 Å². The number of halogens is 1. The van der Waals surface area contributed by atoms with Crippen LogP contribution in [0, 0.1) is 6.92 Å². The Morgan fingerprint density at radius 1 is 1.40 bits per heavy atom. The highest BCUT2D eigenvalue weighted by Crippen LogP contribution is 2.25. The van der Waals surface area contributed by atoms with E-state index >= 15 is 0 Å². The standard InChI is InChI=1S/C15H20ClN3O/c1-3-20-10-4-8-19-9-7-17-15(19)18-14-6-5-12(2)11-13(14)16/h5-7,9,11H,3-4,8,10H2,1-2H3,(H,17,18). The molecule has 0 atom stereocenters. The van der Waals surface area contributed by atoms with Gasteiger partial charge in [0.25, 0.3) is 0 Å². The molecule has 2 aromatic rings. The molecule has 0 saturated heterocycles. The second kappa shape index (κ2) is 7.31. The average molecular weight is 294 g/mol. The molecule has 0 amide bonds. The van der Waals surface area contributed by atoms with E-state index in [1.54, 1.807) is 6.20 Å². The van der Waals surface area contributed by atoms with Crippen LogP contribution < -0.4 is 5.32 Å². The molecule has 0 aliphatic rings. The first-order chi connectivity index (χ1) is 9.70. The minimum atomic E-state index is 0.703. The molecule has 1 heterocycles. The molecule has 0 fully saturated rings. The van der Waals surface area contributed by atoms with Gasteiger partial charge in [-0.05, 0) is 38.0 Å². The van der Waals surface area contributed by atoms with E-state index < -0.39 is 0 Å². The fraction of sp³-hybridized carbons (Fsp3) is 0.400. The van der Waals surface area contributed by atoms with E-state index in [1.165, 1.54) is 0 Å². The van der Waals surface area contributed by atoms with Crippen molar-refractivity contribution in [3.05, 3.63) is 41.2 Å². The molecule has 0 aliphatic heterocycles. The molecular weight excluding hydrogens is 274 g/mol. The van der Waals surface area contributed by atoms with Crippen molar-refractivity contribution in [3.63, 3.8) is 0 Å². The molecule has 2 rings (SSSR count). The zero-order valence-corrected chi connectivity index (χ0v) is 12.7. The van der Waals surface area contributed by atoms with Gasteiger partial charge < -0.3 is 14.6 Å². The van der Waals surface area contributed by atoms with Crippen LogP contribution in [0.4, 0.5) is 11.6 Å². The summed E-state index contributed by atoms with van der Waals surface area (Å²) in [6, 6.07) is 5.93. The number of anilines is 2. The summed E-state index contributed by atoms with van der Waals surface area (Å²) in [5, 5.41) is 3.97. The number of nitrogens with zero attached hydrogens (tertiary/aromatic N) is 2. The number of hydrogen-bond acceptors (Lipinski definition) is 3. The fourth-order valence-corrected chi connectivity index (χ4v) is 2.22. The van der Waals surface area contributed by atoms with Gasteiger partial charge >= 0.3 is 0 Å². The van der Waals surface area contributed by atoms with Crippen LogP contribution >= 0.6 is 11.6 Å². The molecule has 1 N–H and O–H groups in total. The van der Waals surface area contributed by atoms with Gasteiger partial charge in [-0.3, -0.25) is 0 Å². The Hall–Kier alpha value is -1.52. The Labute approximate surface area is 124 Å². The fourth-order valence-electron chi connectivity index (χ4n) is 1.94. The van der Waals surface area contributed by atoms with Gasteiger partial charge in [-0.1, -0.05) is 17.7 Å². The summed E-state index contributed by atoms with van der Waals surface area (Å²) in [4.78, 5) is 4.33. The lowest BCUT2D eigenvalue weighted by Gasteiger charge is -2.11. The Morgan fingerprint density at radius 2 is 2.25 bits per heavy atom. The van der Waals surface area contributed by atoms with Crippen molar-refractivity contribution in [2.75, 3.05) is 18.5 Å². The van der Waals surface area contributed by atoms with E-state index in [4.69, 9.17) is 16.3 Å². The van der Waals surface area contributed by atoms with Crippen LogP contribution in [-0.4, -0.2) is 22.8 Å². The lowest BCUT2D eigenvalue weighted by atomic mass is 10.2. The van der Waals surface area contributed by atoms with Gasteiger partial charge in [0.15, 0.2) is 0 Å². The molecule has 20 heavy (non-hydrogen) atoms. The van der Waals surface area contributed by atoms with Crippen molar-refractivity contribution in [1.29, 1.82) is 0 Å². The van der Waals surface area contributed by atoms with Crippen LogP contribution in [0.25, 0.3) is 0 Å². The first kappa shape index (κ1) is 14.9. The molecule has 0 unspecified atom stereocenters. The van der Waals surface area contributed by atoms with E-state index in [-0.39, 0.29) is 0 Å². The zero-order chi connectivity index (χ0) is 14.4. The first-order valence-corrected chi connectivity index (χ1v) is 7.20. The summed E-state index contributed by atoms with van der Waals surface area (Å²) in [5.74, 6) is 0.798. The molecule has 0 bridgehead atoms. The first-order valence-electron chi connectivity index (χ1n) is 6.82. The normalized spacial score (nSPS) is 10.8. The molecule has 0 radical (unpaired) electrons. The van der Waals surface area contributed by atoms with E-state index in [0.29, 0.717) is 5.02 Å². The SMILES string of the molecule is CCOCCCn1ccnc1Nc1ccc(C)cc1Cl. The number of hydrogen-bond donors (Lipinski definition) is 1. The molecule has 5 heteroatoms. The molecule has 1 aromatic heterocycles. The van der Waals surface area contributed by atoms with Crippen molar-refractivity contribution in [1.82, 2.24) is 9.55 Å². The Bertz CT molecular complexity index is 554. The van der Waals surface area contributed by atoms with Gasteiger partial charge in [0.1, 0.15) is 0 Å². The average Bonchev–Trinajstić information content (AvgIpc) is 2.85. The lowest BCUT2D eigenvalue weighted by molar-refractivity contribution is 0.142. The number of ether oxygens (including phenoxy) is 1. The zero-order valence-electron chi connectivity index (χ0n) is 11.9. The van der Waals surface area contributed by atoms with Crippen molar-refractivity contribution in [2.24, 2.45) is 0 Å². The summed E-state index contributed by atoms with van der Waals surface area (Å²) in [7, 11) is 0. The molecular formula is C15H20ClN3O. The Balaban J connectivity index is 2.01. The van der Waals surface area contributed by atoms with Gasteiger partial charge in [-0.2, -0.15) is 0 Å². The van der Waals surface area contributed by atoms with Crippen LogP contribution in [-0.2, 0) is 11.3 Å². The highest BCUT2D eigenvalue weighted by molar-refractivity contribution is 6.33. The predicted octanol–water partition coefficient (Wildman–Crippen LogP) is 4.02. The molecule has 0 aliphatic carbocycles. The second-order valence-corrected chi connectivity index (χ2v) is 5.01. The van der Waals surface area contributed by atoms with E-state index in [9.17, 15) is 0 Å². The lowest BCUT2D eigenvalue weighted by Crippen LogP contribution is -2.06. The van der Waals surface area contributed by atoms with Gasteiger partial charge in [-0.15, -0.1) is 0 Å². The maximum atomic E-state index is 6.22. The summed E-state index contributed by atoms with van der Waals surface area (Å²) < 4.78 is 7.41. The molecule has 108 valence electrons. The van der Waals surface area contributed by atoms with Gasteiger partial charge in [0.2, 0.25) is 5.95 Å². The third kappa shape index (κ3) is 3.99. The predicted molar refractivity (Wildman–Crippen MR) is 82.8 cm³/mol. The van der Waals surface area contributed by atoms with Crippen LogP contribution in [0.3, 0.4) is 0 Å². The minimum Gasteiger partial charge on any atom is -0.382 e. The van der Waals surface area contributed by atoms with Gasteiger partial charge in [0, 0.05) is 32.2 Å². The van der Waals surface area contributed by atoms with Crippen LogP contribution in [0.15, 0.2) is 30.6 Å². The number of nitrogens with one attached hydrogen (secondary N) is 1. The van der Waals surface area contributed by atoms with Crippen LogP contribution in [0.1, 0.15) is 18.9 Å². The monoisotopic (exact) mass is 293 g/mol.